The lowest BCUT2D eigenvalue weighted by atomic mass is 9.63. The average molecular weight is 365 g/mol. The number of piperidine rings is 1. The lowest BCUT2D eigenvalue weighted by Gasteiger charge is -2.42. The van der Waals surface area contributed by atoms with Crippen molar-refractivity contribution in [3.05, 3.63) is 34.9 Å². The first kappa shape index (κ1) is 18.1. The molecule has 25 heavy (non-hydrogen) atoms. The number of nitrogens with one attached hydrogen (secondary N) is 1. The average Bonchev–Trinajstić information content (AvgIpc) is 2.56. The number of likely N-dealkylation sites (tertiary alicyclic amines) is 1. The molecule has 2 amide bonds. The standard InChI is InChI=1S/C19H25ClN2O3/c1-2-25-18(24)22-12-8-16(9-13-22)21-17(23)19(10-3-11-19)14-4-6-15(20)7-5-14/h4-7,16H,2-3,8-13H2,1H3,(H,21,23). The van der Waals surface area contributed by atoms with Gasteiger partial charge in [-0.25, -0.2) is 4.79 Å². The fraction of sp³-hybridized carbons (Fsp3) is 0.579. The number of halogens is 1. The lowest BCUT2D eigenvalue weighted by Crippen LogP contribution is -2.54. The minimum Gasteiger partial charge on any atom is -0.450 e. The molecule has 2 aliphatic rings. The van der Waals surface area contributed by atoms with Crippen molar-refractivity contribution >= 4 is 23.6 Å². The van der Waals surface area contributed by atoms with Crippen molar-refractivity contribution in [3.8, 4) is 0 Å². The summed E-state index contributed by atoms with van der Waals surface area (Å²) in [5.41, 5.74) is 0.632. The van der Waals surface area contributed by atoms with Crippen molar-refractivity contribution in [1.82, 2.24) is 10.2 Å². The van der Waals surface area contributed by atoms with Crippen LogP contribution in [0.15, 0.2) is 24.3 Å². The Morgan fingerprint density at radius 1 is 1.24 bits per heavy atom. The highest BCUT2D eigenvalue weighted by Crippen LogP contribution is 2.44. The molecule has 5 nitrogen and oxygen atoms in total. The van der Waals surface area contributed by atoms with E-state index in [2.05, 4.69) is 5.32 Å². The van der Waals surface area contributed by atoms with Crippen molar-refractivity contribution in [1.29, 1.82) is 0 Å². The van der Waals surface area contributed by atoms with Gasteiger partial charge in [0, 0.05) is 24.2 Å². The second-order valence-electron chi connectivity index (χ2n) is 6.88. The quantitative estimate of drug-likeness (QED) is 0.889. The SMILES string of the molecule is CCOC(=O)N1CCC(NC(=O)C2(c3ccc(Cl)cc3)CCC2)CC1. The molecule has 1 aromatic carbocycles. The van der Waals surface area contributed by atoms with E-state index in [1.807, 2.05) is 24.3 Å². The van der Waals surface area contributed by atoms with E-state index < -0.39 is 5.41 Å². The molecule has 2 fully saturated rings. The third-order valence-electron chi connectivity index (χ3n) is 5.39. The second kappa shape index (κ2) is 7.65. The van der Waals surface area contributed by atoms with Crippen molar-refractivity contribution < 1.29 is 14.3 Å². The van der Waals surface area contributed by atoms with Gasteiger partial charge in [-0.3, -0.25) is 4.79 Å². The molecule has 1 aliphatic carbocycles. The van der Waals surface area contributed by atoms with E-state index >= 15 is 0 Å². The number of hydrogen-bond donors (Lipinski definition) is 1. The van der Waals surface area contributed by atoms with E-state index in [4.69, 9.17) is 16.3 Å². The molecule has 1 N–H and O–H groups in total. The molecule has 3 rings (SSSR count). The molecule has 6 heteroatoms. The van der Waals surface area contributed by atoms with Gasteiger partial charge in [-0.2, -0.15) is 0 Å². The van der Waals surface area contributed by atoms with E-state index in [0.717, 1.165) is 37.7 Å². The predicted molar refractivity (Wildman–Crippen MR) is 96.7 cm³/mol. The number of carbonyl (C=O) groups is 2. The number of nitrogens with zero attached hydrogens (tertiary/aromatic N) is 1. The van der Waals surface area contributed by atoms with Crippen LogP contribution in [0.3, 0.4) is 0 Å². The topological polar surface area (TPSA) is 58.6 Å². The fourth-order valence-electron chi connectivity index (χ4n) is 3.69. The molecule has 1 heterocycles. The summed E-state index contributed by atoms with van der Waals surface area (Å²) in [6, 6.07) is 7.74. The van der Waals surface area contributed by atoms with Crippen LogP contribution in [0.1, 0.15) is 44.6 Å². The highest BCUT2D eigenvalue weighted by Gasteiger charge is 2.46. The third-order valence-corrected chi connectivity index (χ3v) is 5.65. The summed E-state index contributed by atoms with van der Waals surface area (Å²) in [6.07, 6.45) is 4.09. The Hall–Kier alpha value is -1.75. The second-order valence-corrected chi connectivity index (χ2v) is 7.31. The molecule has 1 saturated heterocycles. The van der Waals surface area contributed by atoms with E-state index in [-0.39, 0.29) is 18.0 Å². The molecular weight excluding hydrogens is 340 g/mol. The molecule has 0 bridgehead atoms. The maximum atomic E-state index is 13.0. The highest BCUT2D eigenvalue weighted by atomic mass is 35.5. The van der Waals surface area contributed by atoms with E-state index in [1.54, 1.807) is 11.8 Å². The molecule has 0 aromatic heterocycles. The maximum absolute atomic E-state index is 13.0. The summed E-state index contributed by atoms with van der Waals surface area (Å²) in [5.74, 6) is 0.107. The van der Waals surface area contributed by atoms with Crippen LogP contribution in [0.4, 0.5) is 4.79 Å². The predicted octanol–water partition coefficient (Wildman–Crippen LogP) is 3.50. The summed E-state index contributed by atoms with van der Waals surface area (Å²) < 4.78 is 5.03. The lowest BCUT2D eigenvalue weighted by molar-refractivity contribution is -0.131. The summed E-state index contributed by atoms with van der Waals surface area (Å²) in [7, 11) is 0. The zero-order chi connectivity index (χ0) is 17.9. The van der Waals surface area contributed by atoms with Gasteiger partial charge in [0.15, 0.2) is 0 Å². The Labute approximate surface area is 153 Å². The van der Waals surface area contributed by atoms with Crippen LogP contribution in [0.2, 0.25) is 5.02 Å². The first-order valence-electron chi connectivity index (χ1n) is 9.04. The zero-order valence-electron chi connectivity index (χ0n) is 14.6. The van der Waals surface area contributed by atoms with Crippen molar-refractivity contribution in [3.63, 3.8) is 0 Å². The van der Waals surface area contributed by atoms with Gasteiger partial charge in [0.05, 0.1) is 12.0 Å². The number of benzene rings is 1. The molecule has 136 valence electrons. The zero-order valence-corrected chi connectivity index (χ0v) is 15.3. The van der Waals surface area contributed by atoms with Crippen LogP contribution in [-0.2, 0) is 14.9 Å². The normalized spacial score (nSPS) is 19.8. The summed E-state index contributed by atoms with van der Waals surface area (Å²) in [6.45, 7) is 3.44. The Morgan fingerprint density at radius 2 is 1.88 bits per heavy atom. The fourth-order valence-corrected chi connectivity index (χ4v) is 3.82. The first-order chi connectivity index (χ1) is 12.0. The number of rotatable bonds is 4. The van der Waals surface area contributed by atoms with Gasteiger partial charge in [0.2, 0.25) is 5.91 Å². The maximum Gasteiger partial charge on any atom is 0.409 e. The Kier molecular flexibility index (Phi) is 5.52. The number of carbonyl (C=O) groups excluding carboxylic acids is 2. The van der Waals surface area contributed by atoms with Crippen LogP contribution in [0, 0.1) is 0 Å². The monoisotopic (exact) mass is 364 g/mol. The summed E-state index contributed by atoms with van der Waals surface area (Å²) >= 11 is 5.98. The van der Waals surface area contributed by atoms with Gasteiger partial charge in [-0.15, -0.1) is 0 Å². The number of amides is 2. The van der Waals surface area contributed by atoms with Crippen LogP contribution in [-0.4, -0.2) is 42.6 Å². The molecule has 1 aromatic rings. The Morgan fingerprint density at radius 3 is 2.40 bits per heavy atom. The summed E-state index contributed by atoms with van der Waals surface area (Å²) in [5, 5.41) is 3.90. The molecule has 0 spiro atoms. The molecule has 0 atom stereocenters. The molecule has 1 aliphatic heterocycles. The van der Waals surface area contributed by atoms with Crippen molar-refractivity contribution in [2.45, 2.75) is 50.5 Å². The molecule has 0 radical (unpaired) electrons. The highest BCUT2D eigenvalue weighted by molar-refractivity contribution is 6.30. The minimum absolute atomic E-state index is 0.107. The Bertz CT molecular complexity index is 620. The summed E-state index contributed by atoms with van der Waals surface area (Å²) in [4.78, 5) is 26.4. The van der Waals surface area contributed by atoms with E-state index in [0.29, 0.717) is 24.7 Å². The van der Waals surface area contributed by atoms with E-state index in [1.165, 1.54) is 0 Å². The van der Waals surface area contributed by atoms with Gasteiger partial charge in [-0.1, -0.05) is 30.2 Å². The van der Waals surface area contributed by atoms with Gasteiger partial charge < -0.3 is 15.0 Å². The third kappa shape index (κ3) is 3.76. The van der Waals surface area contributed by atoms with Crippen LogP contribution < -0.4 is 5.32 Å². The van der Waals surface area contributed by atoms with E-state index in [9.17, 15) is 9.59 Å². The van der Waals surface area contributed by atoms with Crippen molar-refractivity contribution in [2.75, 3.05) is 19.7 Å². The van der Waals surface area contributed by atoms with Gasteiger partial charge >= 0.3 is 6.09 Å². The van der Waals surface area contributed by atoms with Gasteiger partial charge in [0.1, 0.15) is 0 Å². The minimum atomic E-state index is -0.414. The molecule has 0 unspecified atom stereocenters. The number of ether oxygens (including phenoxy) is 1. The van der Waals surface area contributed by atoms with Crippen molar-refractivity contribution in [2.24, 2.45) is 0 Å². The van der Waals surface area contributed by atoms with Gasteiger partial charge in [-0.05, 0) is 50.3 Å². The Balaban J connectivity index is 1.59. The molecule has 1 saturated carbocycles. The van der Waals surface area contributed by atoms with Crippen LogP contribution in [0.25, 0.3) is 0 Å². The largest absolute Gasteiger partial charge is 0.450 e. The molecular formula is C19H25ClN2O3. The first-order valence-corrected chi connectivity index (χ1v) is 9.41. The van der Waals surface area contributed by atoms with Crippen LogP contribution in [0.5, 0.6) is 0 Å². The van der Waals surface area contributed by atoms with Gasteiger partial charge in [0.25, 0.3) is 0 Å². The smallest absolute Gasteiger partial charge is 0.409 e. The number of hydrogen-bond acceptors (Lipinski definition) is 3. The van der Waals surface area contributed by atoms with Crippen LogP contribution >= 0.6 is 11.6 Å².